The zero-order valence-corrected chi connectivity index (χ0v) is 10.8. The molecule has 0 spiro atoms. The number of carbonyl (C=O) groups is 1. The molecule has 0 saturated heterocycles. The minimum absolute atomic E-state index is 0.0820. The van der Waals surface area contributed by atoms with Crippen LogP contribution in [-0.4, -0.2) is 31.2 Å². The maximum absolute atomic E-state index is 10.8. The molecule has 1 aromatic carbocycles. The first-order chi connectivity index (χ1) is 8.81. The van der Waals surface area contributed by atoms with Crippen LogP contribution in [0.1, 0.15) is 17.9 Å². The van der Waals surface area contributed by atoms with E-state index in [2.05, 4.69) is 0 Å². The number of hydrogen-bond acceptors (Lipinski definition) is 4. The van der Waals surface area contributed by atoms with Crippen molar-refractivity contribution in [2.24, 2.45) is 5.92 Å². The Hall–Kier alpha value is -1.80. The fourth-order valence-electron chi connectivity index (χ4n) is 2.01. The highest BCUT2D eigenvalue weighted by molar-refractivity contribution is 7.87. The van der Waals surface area contributed by atoms with Crippen molar-refractivity contribution in [3.63, 3.8) is 0 Å². The molecule has 104 valence electrons. The zero-order valence-electron chi connectivity index (χ0n) is 10.0. The number of carboxylic acid groups (broad SMARTS) is 1. The number of nitrogens with one attached hydrogen (secondary N) is 1. The third kappa shape index (κ3) is 3.15. The van der Waals surface area contributed by atoms with Crippen LogP contribution in [0.15, 0.2) is 18.2 Å². The van der Waals surface area contributed by atoms with Crippen LogP contribution in [0.25, 0.3) is 0 Å². The maximum atomic E-state index is 10.8. The fourth-order valence-corrected chi connectivity index (χ4v) is 2.45. The Kier molecular flexibility index (Phi) is 3.38. The van der Waals surface area contributed by atoms with E-state index in [0.717, 1.165) is 0 Å². The van der Waals surface area contributed by atoms with Crippen LogP contribution >= 0.6 is 0 Å². The molecule has 2 unspecified atom stereocenters. The number of rotatable bonds is 5. The second kappa shape index (κ2) is 4.71. The predicted octanol–water partition coefficient (Wildman–Crippen LogP) is 1.10. The summed E-state index contributed by atoms with van der Waals surface area (Å²) < 4.78 is 37.3. The highest BCUT2D eigenvalue weighted by Crippen LogP contribution is 2.48. The number of ether oxygens (including phenoxy) is 1. The van der Waals surface area contributed by atoms with Gasteiger partial charge in [0.2, 0.25) is 0 Å². The van der Waals surface area contributed by atoms with Gasteiger partial charge in [-0.25, -0.2) is 0 Å². The van der Waals surface area contributed by atoms with E-state index in [1.165, 1.54) is 19.2 Å². The summed E-state index contributed by atoms with van der Waals surface area (Å²) in [5, 5.41) is 8.87. The Morgan fingerprint density at radius 2 is 2.16 bits per heavy atom. The molecule has 0 radical (unpaired) electrons. The molecule has 8 heteroatoms. The molecule has 1 aliphatic carbocycles. The lowest BCUT2D eigenvalue weighted by Crippen LogP contribution is -2.11. The van der Waals surface area contributed by atoms with Crippen LogP contribution in [0.4, 0.5) is 5.69 Å². The Balaban J connectivity index is 2.29. The topological polar surface area (TPSA) is 113 Å². The maximum Gasteiger partial charge on any atom is 0.357 e. The smallest absolute Gasteiger partial charge is 0.357 e. The van der Waals surface area contributed by atoms with Crippen molar-refractivity contribution in [3.05, 3.63) is 23.8 Å². The molecule has 1 saturated carbocycles. The molecule has 1 aromatic rings. The lowest BCUT2D eigenvalue weighted by molar-refractivity contribution is -0.138. The van der Waals surface area contributed by atoms with E-state index >= 15 is 0 Å². The molecule has 0 aromatic heterocycles. The van der Waals surface area contributed by atoms with Gasteiger partial charge in [0.25, 0.3) is 0 Å². The van der Waals surface area contributed by atoms with Crippen molar-refractivity contribution in [2.45, 2.75) is 12.3 Å². The molecule has 0 bridgehead atoms. The first-order valence-corrected chi connectivity index (χ1v) is 6.92. The van der Waals surface area contributed by atoms with Gasteiger partial charge in [0.05, 0.1) is 18.7 Å². The monoisotopic (exact) mass is 287 g/mol. The van der Waals surface area contributed by atoms with Crippen molar-refractivity contribution >= 4 is 22.0 Å². The second-order valence-corrected chi connectivity index (χ2v) is 5.48. The molecule has 0 heterocycles. The number of aliphatic carboxylic acids is 1. The van der Waals surface area contributed by atoms with E-state index in [1.54, 1.807) is 6.07 Å². The minimum Gasteiger partial charge on any atom is -0.495 e. The van der Waals surface area contributed by atoms with Gasteiger partial charge < -0.3 is 9.84 Å². The number of carboxylic acids is 1. The van der Waals surface area contributed by atoms with Gasteiger partial charge in [0.1, 0.15) is 5.75 Å². The summed E-state index contributed by atoms with van der Waals surface area (Å²) in [7, 11) is -3.05. The molecule has 7 nitrogen and oxygen atoms in total. The largest absolute Gasteiger partial charge is 0.495 e. The summed E-state index contributed by atoms with van der Waals surface area (Å²) in [6.07, 6.45) is 0.521. The van der Waals surface area contributed by atoms with Gasteiger partial charge in [-0.3, -0.25) is 14.1 Å². The Bertz CT molecular complexity index is 612. The molecular weight excluding hydrogens is 274 g/mol. The number of methoxy groups -OCH3 is 1. The van der Waals surface area contributed by atoms with Crippen LogP contribution in [0.2, 0.25) is 0 Å². The number of anilines is 1. The zero-order chi connectivity index (χ0) is 14.2. The van der Waals surface area contributed by atoms with Crippen LogP contribution in [0, 0.1) is 5.92 Å². The van der Waals surface area contributed by atoms with Crippen LogP contribution in [0.5, 0.6) is 5.75 Å². The van der Waals surface area contributed by atoms with Gasteiger partial charge in [0.15, 0.2) is 0 Å². The summed E-state index contributed by atoms with van der Waals surface area (Å²) >= 11 is 0. The van der Waals surface area contributed by atoms with Gasteiger partial charge in [-0.15, -0.1) is 0 Å². The van der Waals surface area contributed by atoms with Gasteiger partial charge in [-0.05, 0) is 30.0 Å². The quantitative estimate of drug-likeness (QED) is 0.699. The molecule has 2 atom stereocenters. The second-order valence-electron chi connectivity index (χ2n) is 4.32. The van der Waals surface area contributed by atoms with Crippen molar-refractivity contribution in [1.82, 2.24) is 0 Å². The Labute approximate surface area is 110 Å². The highest BCUT2D eigenvalue weighted by atomic mass is 32.2. The SMILES string of the molecule is COc1ccc(C2CC2C(=O)O)cc1NS(=O)(=O)O. The van der Waals surface area contributed by atoms with Crippen LogP contribution in [-0.2, 0) is 15.1 Å². The first kappa shape index (κ1) is 13.6. The minimum atomic E-state index is -4.41. The summed E-state index contributed by atoms with van der Waals surface area (Å²) in [6, 6.07) is 4.68. The predicted molar refractivity (Wildman–Crippen MR) is 66.6 cm³/mol. The standard InChI is InChI=1S/C11H13NO6S/c1-18-10-3-2-6(7-5-8(7)11(13)14)4-9(10)12-19(15,16)17/h2-4,7-8,12H,5H2,1H3,(H,13,14)(H,15,16,17). The normalized spacial score (nSPS) is 21.8. The summed E-state index contributed by atoms with van der Waals surface area (Å²) in [6.45, 7) is 0. The van der Waals surface area contributed by atoms with E-state index in [1.807, 2.05) is 4.72 Å². The first-order valence-electron chi connectivity index (χ1n) is 5.48. The molecule has 3 N–H and O–H groups in total. The number of benzene rings is 1. The van der Waals surface area contributed by atoms with Crippen molar-refractivity contribution in [3.8, 4) is 5.75 Å². The van der Waals surface area contributed by atoms with Gasteiger partial charge in [-0.2, -0.15) is 8.42 Å². The Morgan fingerprint density at radius 1 is 1.47 bits per heavy atom. The van der Waals surface area contributed by atoms with E-state index < -0.39 is 22.2 Å². The Morgan fingerprint density at radius 3 is 2.63 bits per heavy atom. The van der Waals surface area contributed by atoms with Gasteiger partial charge in [-0.1, -0.05) is 6.07 Å². The molecular formula is C11H13NO6S. The molecule has 19 heavy (non-hydrogen) atoms. The van der Waals surface area contributed by atoms with E-state index in [0.29, 0.717) is 12.0 Å². The molecule has 0 aliphatic heterocycles. The molecule has 1 fully saturated rings. The third-order valence-electron chi connectivity index (χ3n) is 3.00. The third-order valence-corrected chi connectivity index (χ3v) is 3.48. The van der Waals surface area contributed by atoms with Gasteiger partial charge in [0, 0.05) is 0 Å². The highest BCUT2D eigenvalue weighted by Gasteiger charge is 2.44. The van der Waals surface area contributed by atoms with Crippen molar-refractivity contribution in [1.29, 1.82) is 0 Å². The van der Waals surface area contributed by atoms with Crippen molar-refractivity contribution < 1.29 is 27.6 Å². The average Bonchev–Trinajstić information content (AvgIpc) is 3.06. The fraction of sp³-hybridized carbons (Fsp3) is 0.364. The number of hydrogen-bond donors (Lipinski definition) is 3. The molecule has 2 rings (SSSR count). The van der Waals surface area contributed by atoms with Crippen LogP contribution in [0.3, 0.4) is 0 Å². The molecule has 0 amide bonds. The summed E-state index contributed by atoms with van der Waals surface area (Å²) in [4.78, 5) is 10.8. The average molecular weight is 287 g/mol. The van der Waals surface area contributed by atoms with E-state index in [4.69, 9.17) is 14.4 Å². The molecule has 1 aliphatic rings. The van der Waals surface area contributed by atoms with E-state index in [-0.39, 0.29) is 17.4 Å². The lowest BCUT2D eigenvalue weighted by Gasteiger charge is -2.10. The lowest BCUT2D eigenvalue weighted by atomic mass is 10.1. The van der Waals surface area contributed by atoms with Gasteiger partial charge >= 0.3 is 16.3 Å². The summed E-state index contributed by atoms with van der Waals surface area (Å²) in [5.74, 6) is -1.20. The van der Waals surface area contributed by atoms with Crippen molar-refractivity contribution in [2.75, 3.05) is 11.8 Å². The van der Waals surface area contributed by atoms with Crippen LogP contribution < -0.4 is 9.46 Å². The summed E-state index contributed by atoms with van der Waals surface area (Å²) in [5.41, 5.74) is 0.776. The van der Waals surface area contributed by atoms with E-state index in [9.17, 15) is 13.2 Å².